The molecule has 0 radical (unpaired) electrons. The number of likely N-dealkylation sites (N-methyl/N-ethyl adjacent to an activating group) is 1. The maximum atomic E-state index is 12.1. The van der Waals surface area contributed by atoms with Gasteiger partial charge in [0.15, 0.2) is 0 Å². The van der Waals surface area contributed by atoms with E-state index in [1.165, 1.54) is 4.88 Å². The molecule has 1 aromatic rings. The molecule has 0 aliphatic carbocycles. The van der Waals surface area contributed by atoms with E-state index in [0.29, 0.717) is 6.54 Å². The summed E-state index contributed by atoms with van der Waals surface area (Å²) in [4.78, 5) is 17.4. The van der Waals surface area contributed by atoms with E-state index < -0.39 is 0 Å². The van der Waals surface area contributed by atoms with Crippen molar-refractivity contribution in [3.05, 3.63) is 20.8 Å². The Kier molecular flexibility index (Phi) is 7.31. The smallest absolute Gasteiger partial charge is 0.236 e. The minimum absolute atomic E-state index is 0. The molecule has 2 rings (SSSR count). The fraction of sp³-hybridized carbons (Fsp3) is 0.583. The Morgan fingerprint density at radius 3 is 2.79 bits per heavy atom. The Hall–Kier alpha value is -0.140. The number of rotatable bonds is 4. The molecule has 4 nitrogen and oxygen atoms in total. The van der Waals surface area contributed by atoms with Crippen LogP contribution in [0.15, 0.2) is 15.9 Å². The molecule has 1 N–H and O–H groups in total. The van der Waals surface area contributed by atoms with Gasteiger partial charge < -0.3 is 10.2 Å². The fourth-order valence-electron chi connectivity index (χ4n) is 1.98. The van der Waals surface area contributed by atoms with Crippen molar-refractivity contribution in [1.82, 2.24) is 15.1 Å². The molecule has 1 aliphatic rings. The van der Waals surface area contributed by atoms with Crippen LogP contribution >= 0.6 is 39.7 Å². The SMILES string of the molecule is CN(CC(=O)N1CCNCC1)Cc1sccc1Br.Cl. The number of amides is 1. The molecule has 0 atom stereocenters. The summed E-state index contributed by atoms with van der Waals surface area (Å²) >= 11 is 5.23. The van der Waals surface area contributed by atoms with E-state index in [1.807, 2.05) is 18.0 Å². The summed E-state index contributed by atoms with van der Waals surface area (Å²) in [6.45, 7) is 4.78. The molecule has 1 saturated heterocycles. The van der Waals surface area contributed by atoms with Gasteiger partial charge in [0.2, 0.25) is 5.91 Å². The van der Waals surface area contributed by atoms with Gasteiger partial charge >= 0.3 is 0 Å². The predicted molar refractivity (Wildman–Crippen MR) is 85.1 cm³/mol. The zero-order valence-corrected chi connectivity index (χ0v) is 14.1. The molecule has 1 aromatic heterocycles. The molecule has 0 spiro atoms. The van der Waals surface area contributed by atoms with Crippen molar-refractivity contribution in [1.29, 1.82) is 0 Å². The average molecular weight is 369 g/mol. The Bertz CT molecular complexity index is 409. The largest absolute Gasteiger partial charge is 0.339 e. The molecule has 2 heterocycles. The number of carbonyl (C=O) groups excluding carboxylic acids is 1. The highest BCUT2D eigenvalue weighted by Crippen LogP contribution is 2.23. The van der Waals surface area contributed by atoms with Crippen LogP contribution in [0.5, 0.6) is 0 Å². The fourth-order valence-corrected chi connectivity index (χ4v) is 3.54. The van der Waals surface area contributed by atoms with Crippen molar-refractivity contribution in [2.24, 2.45) is 0 Å². The maximum absolute atomic E-state index is 12.1. The summed E-state index contributed by atoms with van der Waals surface area (Å²) in [7, 11) is 1.99. The maximum Gasteiger partial charge on any atom is 0.236 e. The lowest BCUT2D eigenvalue weighted by Crippen LogP contribution is -2.49. The summed E-state index contributed by atoms with van der Waals surface area (Å²) in [6.07, 6.45) is 0. The molecular weight excluding hydrogens is 350 g/mol. The number of thiophene rings is 1. The van der Waals surface area contributed by atoms with Crippen LogP contribution in [-0.4, -0.2) is 55.5 Å². The monoisotopic (exact) mass is 367 g/mol. The molecule has 0 aromatic carbocycles. The second-order valence-electron chi connectivity index (χ2n) is 4.49. The standard InChI is InChI=1S/C12H18BrN3OS.ClH/c1-15(8-11-10(13)2-7-18-11)9-12(17)16-5-3-14-4-6-16;/h2,7,14H,3-6,8-9H2,1H3;1H. The molecular formula is C12H19BrClN3OS. The van der Waals surface area contributed by atoms with Gasteiger partial charge in [0.25, 0.3) is 0 Å². The van der Waals surface area contributed by atoms with Crippen LogP contribution in [0.25, 0.3) is 0 Å². The van der Waals surface area contributed by atoms with Crippen LogP contribution in [0, 0.1) is 0 Å². The van der Waals surface area contributed by atoms with E-state index in [0.717, 1.165) is 37.2 Å². The second-order valence-corrected chi connectivity index (χ2v) is 6.35. The lowest BCUT2D eigenvalue weighted by atomic mass is 10.3. The van der Waals surface area contributed by atoms with Crippen LogP contribution < -0.4 is 5.32 Å². The van der Waals surface area contributed by atoms with Gasteiger partial charge in [-0.2, -0.15) is 0 Å². The normalized spacial score (nSPS) is 15.4. The van der Waals surface area contributed by atoms with Gasteiger partial charge in [-0.1, -0.05) is 0 Å². The second kappa shape index (κ2) is 8.21. The lowest BCUT2D eigenvalue weighted by molar-refractivity contribution is -0.132. The van der Waals surface area contributed by atoms with E-state index in [2.05, 4.69) is 31.5 Å². The van der Waals surface area contributed by atoms with Crippen molar-refractivity contribution >= 4 is 45.6 Å². The molecule has 1 aliphatic heterocycles. The number of piperazine rings is 1. The topological polar surface area (TPSA) is 35.6 Å². The number of nitrogens with zero attached hydrogens (tertiary/aromatic N) is 2. The Morgan fingerprint density at radius 1 is 1.53 bits per heavy atom. The van der Waals surface area contributed by atoms with Gasteiger partial charge in [0.1, 0.15) is 0 Å². The third-order valence-corrected chi connectivity index (χ3v) is 4.89. The average Bonchev–Trinajstić information content (AvgIpc) is 2.76. The summed E-state index contributed by atoms with van der Waals surface area (Å²) in [5.41, 5.74) is 0. The number of hydrogen-bond acceptors (Lipinski definition) is 4. The molecule has 0 bridgehead atoms. The third kappa shape index (κ3) is 5.04. The molecule has 1 amide bonds. The van der Waals surface area contributed by atoms with Gasteiger partial charge in [0.05, 0.1) is 6.54 Å². The molecule has 0 saturated carbocycles. The van der Waals surface area contributed by atoms with Crippen molar-refractivity contribution in [2.45, 2.75) is 6.54 Å². The third-order valence-electron chi connectivity index (χ3n) is 2.98. The first-order valence-electron chi connectivity index (χ1n) is 6.05. The molecule has 1 fully saturated rings. The van der Waals surface area contributed by atoms with E-state index in [9.17, 15) is 4.79 Å². The first-order valence-corrected chi connectivity index (χ1v) is 7.73. The molecule has 7 heteroatoms. The van der Waals surface area contributed by atoms with Crippen molar-refractivity contribution in [3.8, 4) is 0 Å². The van der Waals surface area contributed by atoms with Crippen LogP contribution in [-0.2, 0) is 11.3 Å². The minimum atomic E-state index is 0. The van der Waals surface area contributed by atoms with E-state index >= 15 is 0 Å². The summed E-state index contributed by atoms with van der Waals surface area (Å²) in [5.74, 6) is 0.228. The van der Waals surface area contributed by atoms with E-state index in [1.54, 1.807) is 11.3 Å². The zero-order valence-electron chi connectivity index (χ0n) is 10.9. The Labute approximate surface area is 132 Å². The number of halogens is 2. The minimum Gasteiger partial charge on any atom is -0.339 e. The Balaban J connectivity index is 0.00000180. The molecule has 108 valence electrons. The highest BCUT2D eigenvalue weighted by molar-refractivity contribution is 9.10. The first kappa shape index (κ1) is 16.9. The van der Waals surface area contributed by atoms with Gasteiger partial charge in [-0.05, 0) is 34.4 Å². The number of carbonyl (C=O) groups is 1. The van der Waals surface area contributed by atoms with Gasteiger partial charge in [-0.15, -0.1) is 23.7 Å². The van der Waals surface area contributed by atoms with Crippen LogP contribution in [0.1, 0.15) is 4.88 Å². The number of hydrogen-bond donors (Lipinski definition) is 1. The zero-order chi connectivity index (χ0) is 13.0. The first-order chi connectivity index (χ1) is 8.66. The van der Waals surface area contributed by atoms with E-state index in [4.69, 9.17) is 0 Å². The van der Waals surface area contributed by atoms with Gasteiger partial charge in [-0.25, -0.2) is 0 Å². The highest BCUT2D eigenvalue weighted by atomic mass is 79.9. The summed E-state index contributed by atoms with van der Waals surface area (Å²) in [5, 5.41) is 5.32. The van der Waals surface area contributed by atoms with Crippen molar-refractivity contribution in [2.75, 3.05) is 39.8 Å². The van der Waals surface area contributed by atoms with Crippen molar-refractivity contribution in [3.63, 3.8) is 0 Å². The summed E-state index contributed by atoms with van der Waals surface area (Å²) in [6, 6.07) is 2.05. The molecule has 0 unspecified atom stereocenters. The van der Waals surface area contributed by atoms with Crippen LogP contribution in [0.2, 0.25) is 0 Å². The lowest BCUT2D eigenvalue weighted by Gasteiger charge is -2.29. The van der Waals surface area contributed by atoms with Crippen molar-refractivity contribution < 1.29 is 4.79 Å². The van der Waals surface area contributed by atoms with Gasteiger partial charge in [-0.3, -0.25) is 9.69 Å². The van der Waals surface area contributed by atoms with Crippen LogP contribution in [0.4, 0.5) is 0 Å². The Morgan fingerprint density at radius 2 is 2.21 bits per heavy atom. The van der Waals surface area contributed by atoms with Crippen LogP contribution in [0.3, 0.4) is 0 Å². The predicted octanol–water partition coefficient (Wildman–Crippen LogP) is 1.80. The highest BCUT2D eigenvalue weighted by Gasteiger charge is 2.18. The number of nitrogens with one attached hydrogen (secondary N) is 1. The molecule has 19 heavy (non-hydrogen) atoms. The summed E-state index contributed by atoms with van der Waals surface area (Å²) < 4.78 is 1.13. The van der Waals surface area contributed by atoms with Gasteiger partial charge in [0, 0.05) is 42.1 Å². The van der Waals surface area contributed by atoms with E-state index in [-0.39, 0.29) is 18.3 Å². The quantitative estimate of drug-likeness (QED) is 0.880.